The Morgan fingerprint density at radius 2 is 1.94 bits per heavy atom. The lowest BCUT2D eigenvalue weighted by molar-refractivity contribution is 0.112. The average molecular weight is 252 g/mol. The minimum absolute atomic E-state index is 0.194. The summed E-state index contributed by atoms with van der Waals surface area (Å²) in [5.41, 5.74) is 0.862. The molecule has 0 spiro atoms. The molecular formula is C13H20O3Si. The Balaban J connectivity index is 2.51. The molecule has 3 nitrogen and oxygen atoms in total. The van der Waals surface area contributed by atoms with Crippen LogP contribution < -0.4 is 4.74 Å². The summed E-state index contributed by atoms with van der Waals surface area (Å²) in [6.07, 6.45) is 2.06. The standard InChI is InChI=1S/C13H20O3Si/c1-4-13(17-16-10(2)3)15-12-7-5-11(9-14)6-8-12/h5-10,13H,4,17H2,1-3H3. The Labute approximate surface area is 105 Å². The first-order valence-corrected chi connectivity index (χ1v) is 7.38. The molecule has 0 amide bonds. The van der Waals surface area contributed by atoms with Gasteiger partial charge in [-0.3, -0.25) is 4.79 Å². The molecule has 0 bridgehead atoms. The van der Waals surface area contributed by atoms with Gasteiger partial charge in [-0.2, -0.15) is 0 Å². The van der Waals surface area contributed by atoms with Crippen LogP contribution >= 0.6 is 0 Å². The number of benzene rings is 1. The van der Waals surface area contributed by atoms with Gasteiger partial charge in [0.15, 0.2) is 0 Å². The second-order valence-electron chi connectivity index (χ2n) is 4.22. The molecule has 1 unspecified atom stereocenters. The normalized spacial score (nSPS) is 13.2. The van der Waals surface area contributed by atoms with Crippen LogP contribution in [-0.2, 0) is 4.43 Å². The molecule has 0 aliphatic carbocycles. The van der Waals surface area contributed by atoms with Crippen LogP contribution in [0.25, 0.3) is 0 Å². The number of carbonyl (C=O) groups is 1. The van der Waals surface area contributed by atoms with Crippen LogP contribution in [0, 0.1) is 0 Å². The van der Waals surface area contributed by atoms with Crippen molar-refractivity contribution in [3.8, 4) is 5.75 Å². The lowest BCUT2D eigenvalue weighted by Gasteiger charge is -2.18. The third-order valence-corrected chi connectivity index (χ3v) is 4.36. The van der Waals surface area contributed by atoms with Gasteiger partial charge in [0.05, 0.1) is 0 Å². The Morgan fingerprint density at radius 3 is 2.41 bits per heavy atom. The van der Waals surface area contributed by atoms with E-state index in [1.807, 2.05) is 26.0 Å². The number of carbonyl (C=O) groups excluding carboxylic acids is 1. The van der Waals surface area contributed by atoms with E-state index in [0.717, 1.165) is 18.5 Å². The van der Waals surface area contributed by atoms with Crippen LogP contribution in [0.1, 0.15) is 37.6 Å². The van der Waals surface area contributed by atoms with Crippen LogP contribution in [0.15, 0.2) is 24.3 Å². The summed E-state index contributed by atoms with van der Waals surface area (Å²) < 4.78 is 11.5. The molecule has 0 heterocycles. The molecule has 1 atom stereocenters. The molecule has 17 heavy (non-hydrogen) atoms. The van der Waals surface area contributed by atoms with Gasteiger partial charge in [-0.1, -0.05) is 6.92 Å². The van der Waals surface area contributed by atoms with Crippen molar-refractivity contribution in [3.05, 3.63) is 29.8 Å². The molecule has 0 fully saturated rings. The van der Waals surface area contributed by atoms with Crippen molar-refractivity contribution >= 4 is 16.0 Å². The molecule has 1 aromatic rings. The molecule has 0 aliphatic rings. The molecule has 0 saturated heterocycles. The molecule has 94 valence electrons. The van der Waals surface area contributed by atoms with Gasteiger partial charge in [-0.25, -0.2) is 0 Å². The minimum atomic E-state index is -0.673. The van der Waals surface area contributed by atoms with E-state index in [2.05, 4.69) is 6.92 Å². The number of hydrogen-bond donors (Lipinski definition) is 0. The quantitative estimate of drug-likeness (QED) is 0.551. The lowest BCUT2D eigenvalue weighted by Crippen LogP contribution is -2.27. The lowest BCUT2D eigenvalue weighted by atomic mass is 10.2. The van der Waals surface area contributed by atoms with E-state index >= 15 is 0 Å². The van der Waals surface area contributed by atoms with Gasteiger partial charge in [0.2, 0.25) is 9.76 Å². The summed E-state index contributed by atoms with van der Waals surface area (Å²) in [7, 11) is -0.673. The smallest absolute Gasteiger partial charge is 0.205 e. The number of ether oxygens (including phenoxy) is 1. The maximum absolute atomic E-state index is 10.5. The summed E-state index contributed by atoms with van der Waals surface area (Å²) in [5, 5.41) is 0. The molecule has 0 aromatic heterocycles. The summed E-state index contributed by atoms with van der Waals surface area (Å²) >= 11 is 0. The van der Waals surface area contributed by atoms with E-state index in [-0.39, 0.29) is 11.8 Å². The van der Waals surface area contributed by atoms with E-state index in [4.69, 9.17) is 9.16 Å². The Hall–Kier alpha value is -1.13. The van der Waals surface area contributed by atoms with Crippen LogP contribution in [-0.4, -0.2) is 27.9 Å². The van der Waals surface area contributed by atoms with Gasteiger partial charge in [-0.15, -0.1) is 0 Å². The van der Waals surface area contributed by atoms with Crippen molar-refractivity contribution in [1.29, 1.82) is 0 Å². The minimum Gasteiger partial charge on any atom is -0.492 e. The van der Waals surface area contributed by atoms with Crippen molar-refractivity contribution in [3.63, 3.8) is 0 Å². The van der Waals surface area contributed by atoms with Gasteiger partial charge >= 0.3 is 0 Å². The van der Waals surface area contributed by atoms with Gasteiger partial charge in [0.25, 0.3) is 0 Å². The van der Waals surface area contributed by atoms with Gasteiger partial charge < -0.3 is 9.16 Å². The average Bonchev–Trinajstić information content (AvgIpc) is 2.35. The third kappa shape index (κ3) is 5.15. The van der Waals surface area contributed by atoms with Gasteiger partial charge in [0.1, 0.15) is 17.8 Å². The number of rotatable bonds is 7. The highest BCUT2D eigenvalue weighted by Gasteiger charge is 2.10. The van der Waals surface area contributed by atoms with E-state index < -0.39 is 9.76 Å². The van der Waals surface area contributed by atoms with E-state index in [0.29, 0.717) is 5.56 Å². The van der Waals surface area contributed by atoms with Crippen molar-refractivity contribution in [1.82, 2.24) is 0 Å². The summed E-state index contributed by atoms with van der Waals surface area (Å²) in [5.74, 6) is 0.808. The van der Waals surface area contributed by atoms with E-state index in [1.165, 1.54) is 0 Å². The van der Waals surface area contributed by atoms with E-state index in [9.17, 15) is 4.79 Å². The summed E-state index contributed by atoms with van der Waals surface area (Å²) in [6.45, 7) is 6.18. The molecule has 1 rings (SSSR count). The first kappa shape index (κ1) is 13.9. The fourth-order valence-corrected chi connectivity index (χ4v) is 2.45. The SMILES string of the molecule is CCC(Oc1ccc(C=O)cc1)[SiH2]OC(C)C. The van der Waals surface area contributed by atoms with Crippen LogP contribution in [0.5, 0.6) is 5.75 Å². The highest BCUT2D eigenvalue weighted by Crippen LogP contribution is 2.14. The maximum Gasteiger partial charge on any atom is 0.205 e. The zero-order valence-electron chi connectivity index (χ0n) is 10.7. The fraction of sp³-hybridized carbons (Fsp3) is 0.462. The topological polar surface area (TPSA) is 35.5 Å². The Bertz CT molecular complexity index is 335. The zero-order chi connectivity index (χ0) is 12.7. The number of hydrogen-bond acceptors (Lipinski definition) is 3. The second-order valence-corrected chi connectivity index (χ2v) is 5.79. The Morgan fingerprint density at radius 1 is 1.29 bits per heavy atom. The fourth-order valence-electron chi connectivity index (χ4n) is 1.35. The van der Waals surface area contributed by atoms with Crippen molar-refractivity contribution in [2.24, 2.45) is 0 Å². The second kappa shape index (κ2) is 7.24. The van der Waals surface area contributed by atoms with Crippen molar-refractivity contribution in [2.75, 3.05) is 0 Å². The molecule has 0 saturated carbocycles. The molecule has 0 radical (unpaired) electrons. The first-order valence-electron chi connectivity index (χ1n) is 5.99. The summed E-state index contributed by atoms with van der Waals surface area (Å²) in [4.78, 5) is 10.5. The summed E-state index contributed by atoms with van der Waals surface area (Å²) in [6, 6.07) is 7.19. The molecule has 1 aromatic carbocycles. The van der Waals surface area contributed by atoms with Gasteiger partial charge in [-0.05, 0) is 44.5 Å². The predicted molar refractivity (Wildman–Crippen MR) is 71.3 cm³/mol. The van der Waals surface area contributed by atoms with E-state index in [1.54, 1.807) is 12.1 Å². The predicted octanol–water partition coefficient (Wildman–Crippen LogP) is 2.12. The highest BCUT2D eigenvalue weighted by molar-refractivity contribution is 6.29. The highest BCUT2D eigenvalue weighted by atomic mass is 28.2. The monoisotopic (exact) mass is 252 g/mol. The molecule has 4 heteroatoms. The van der Waals surface area contributed by atoms with Crippen LogP contribution in [0.4, 0.5) is 0 Å². The Kier molecular flexibility index (Phi) is 5.93. The zero-order valence-corrected chi connectivity index (χ0v) is 12.1. The van der Waals surface area contributed by atoms with Crippen molar-refractivity contribution in [2.45, 2.75) is 39.0 Å². The molecular weight excluding hydrogens is 232 g/mol. The largest absolute Gasteiger partial charge is 0.492 e. The molecule has 0 aliphatic heterocycles. The van der Waals surface area contributed by atoms with Crippen LogP contribution in [0.3, 0.4) is 0 Å². The third-order valence-electron chi connectivity index (χ3n) is 2.39. The van der Waals surface area contributed by atoms with Crippen molar-refractivity contribution < 1.29 is 14.0 Å². The van der Waals surface area contributed by atoms with Gasteiger partial charge in [0, 0.05) is 11.7 Å². The number of aldehydes is 1. The van der Waals surface area contributed by atoms with Crippen LogP contribution in [0.2, 0.25) is 0 Å². The first-order chi connectivity index (χ1) is 8.15. The maximum atomic E-state index is 10.5. The molecule has 0 N–H and O–H groups in total.